The van der Waals surface area contributed by atoms with E-state index >= 15 is 0 Å². The van der Waals surface area contributed by atoms with Gasteiger partial charge in [0.1, 0.15) is 12.6 Å². The van der Waals surface area contributed by atoms with Crippen molar-refractivity contribution in [1.82, 2.24) is 10.2 Å². The molecule has 0 aromatic heterocycles. The zero-order valence-electron chi connectivity index (χ0n) is 20.6. The van der Waals surface area contributed by atoms with E-state index in [4.69, 9.17) is 11.6 Å². The molecule has 0 fully saturated rings. The summed E-state index contributed by atoms with van der Waals surface area (Å²) in [6, 6.07) is 13.1. The molecule has 2 rings (SSSR count). The Balaban J connectivity index is 2.37. The van der Waals surface area contributed by atoms with Gasteiger partial charge in [-0.1, -0.05) is 49.7 Å². The molecule has 0 bridgehead atoms. The average molecular weight is 508 g/mol. The number of hydrogen-bond acceptors (Lipinski definition) is 4. The van der Waals surface area contributed by atoms with Crippen LogP contribution in [0.15, 0.2) is 48.5 Å². The Hall–Kier alpha value is -2.58. The van der Waals surface area contributed by atoms with Crippen LogP contribution in [-0.4, -0.2) is 50.0 Å². The van der Waals surface area contributed by atoms with Crippen LogP contribution >= 0.6 is 11.6 Å². The predicted octanol–water partition coefficient (Wildman–Crippen LogP) is 4.17. The fourth-order valence-corrected chi connectivity index (χ4v) is 4.39. The molecule has 34 heavy (non-hydrogen) atoms. The van der Waals surface area contributed by atoms with Crippen molar-refractivity contribution < 1.29 is 18.0 Å². The molecule has 1 atom stereocenters. The number of benzene rings is 2. The molecule has 0 saturated heterocycles. The van der Waals surface area contributed by atoms with Crippen LogP contribution in [0.2, 0.25) is 5.02 Å². The molecule has 2 aromatic rings. The highest BCUT2D eigenvalue weighted by molar-refractivity contribution is 7.92. The average Bonchev–Trinajstić information content (AvgIpc) is 2.75. The number of nitrogens with zero attached hydrogens (tertiary/aromatic N) is 2. The molecule has 2 aromatic carbocycles. The van der Waals surface area contributed by atoms with E-state index in [9.17, 15) is 18.0 Å². The Kier molecular flexibility index (Phi) is 9.53. The van der Waals surface area contributed by atoms with E-state index in [0.717, 1.165) is 21.7 Å². The summed E-state index contributed by atoms with van der Waals surface area (Å²) in [5, 5.41) is 3.37. The Bertz CT molecular complexity index is 1080. The first kappa shape index (κ1) is 27.7. The van der Waals surface area contributed by atoms with Gasteiger partial charge in [0.2, 0.25) is 21.8 Å². The van der Waals surface area contributed by atoms with Gasteiger partial charge in [0.05, 0.1) is 11.9 Å². The van der Waals surface area contributed by atoms with E-state index in [0.29, 0.717) is 10.7 Å². The zero-order valence-corrected chi connectivity index (χ0v) is 22.2. The predicted molar refractivity (Wildman–Crippen MR) is 137 cm³/mol. The van der Waals surface area contributed by atoms with Crippen molar-refractivity contribution in [2.24, 2.45) is 0 Å². The maximum absolute atomic E-state index is 13.5. The Morgan fingerprint density at radius 3 is 1.97 bits per heavy atom. The third kappa shape index (κ3) is 7.74. The van der Waals surface area contributed by atoms with Crippen molar-refractivity contribution in [1.29, 1.82) is 0 Å². The highest BCUT2D eigenvalue weighted by Gasteiger charge is 2.30. The first-order chi connectivity index (χ1) is 15.8. The maximum Gasteiger partial charge on any atom is 0.244 e. The van der Waals surface area contributed by atoms with Crippen molar-refractivity contribution in [2.75, 3.05) is 17.1 Å². The van der Waals surface area contributed by atoms with E-state index in [1.165, 1.54) is 4.90 Å². The SMILES string of the molecule is CC(C)NC(=O)C(C)N(Cc1ccc(Cl)cc1)C(=O)CN(c1ccc(C(C)C)cc1)S(C)(=O)=O. The van der Waals surface area contributed by atoms with Crippen LogP contribution in [0.3, 0.4) is 0 Å². The minimum atomic E-state index is -3.76. The van der Waals surface area contributed by atoms with E-state index in [-0.39, 0.29) is 24.4 Å². The minimum Gasteiger partial charge on any atom is -0.352 e. The first-order valence-corrected chi connectivity index (χ1v) is 13.4. The second-order valence-corrected chi connectivity index (χ2v) is 11.3. The molecule has 2 amide bonds. The Morgan fingerprint density at radius 2 is 1.50 bits per heavy atom. The molecule has 1 N–H and O–H groups in total. The van der Waals surface area contributed by atoms with Gasteiger partial charge in [-0.05, 0) is 62.1 Å². The zero-order chi connectivity index (χ0) is 25.6. The summed E-state index contributed by atoms with van der Waals surface area (Å²) in [5.74, 6) is -0.512. The summed E-state index contributed by atoms with van der Waals surface area (Å²) in [6.45, 7) is 9.10. The number of carbonyl (C=O) groups is 2. The molecule has 0 radical (unpaired) electrons. The molecule has 0 aliphatic heterocycles. The van der Waals surface area contributed by atoms with Crippen LogP contribution in [0, 0.1) is 0 Å². The molecule has 0 aliphatic carbocycles. The van der Waals surface area contributed by atoms with E-state index < -0.39 is 28.5 Å². The van der Waals surface area contributed by atoms with Gasteiger partial charge in [-0.3, -0.25) is 13.9 Å². The molecule has 7 nitrogen and oxygen atoms in total. The number of carbonyl (C=O) groups excluding carboxylic acids is 2. The van der Waals surface area contributed by atoms with Gasteiger partial charge in [0, 0.05) is 17.6 Å². The standard InChI is InChI=1S/C25H34ClN3O4S/c1-17(2)21-9-13-23(14-10-21)29(34(6,32)33)16-24(30)28(19(5)25(31)27-18(3)4)15-20-7-11-22(26)12-8-20/h7-14,17-19H,15-16H2,1-6H3,(H,27,31). The monoisotopic (exact) mass is 507 g/mol. The summed E-state index contributed by atoms with van der Waals surface area (Å²) in [7, 11) is -3.76. The number of halogens is 1. The topological polar surface area (TPSA) is 86.8 Å². The van der Waals surface area contributed by atoms with Gasteiger partial charge in [-0.2, -0.15) is 0 Å². The molecule has 0 aliphatic rings. The number of amides is 2. The minimum absolute atomic E-state index is 0.102. The van der Waals surface area contributed by atoms with E-state index in [1.807, 2.05) is 39.8 Å². The van der Waals surface area contributed by atoms with Crippen LogP contribution < -0.4 is 9.62 Å². The van der Waals surface area contributed by atoms with Gasteiger partial charge >= 0.3 is 0 Å². The summed E-state index contributed by atoms with van der Waals surface area (Å²) >= 11 is 5.98. The fourth-order valence-electron chi connectivity index (χ4n) is 3.41. The summed E-state index contributed by atoms with van der Waals surface area (Å²) in [4.78, 5) is 27.6. The van der Waals surface area contributed by atoms with Crippen LogP contribution in [0.25, 0.3) is 0 Å². The summed E-state index contributed by atoms with van der Waals surface area (Å²) in [6.07, 6.45) is 1.06. The van der Waals surface area contributed by atoms with Gasteiger partial charge in [0.25, 0.3) is 0 Å². The maximum atomic E-state index is 13.5. The fraction of sp³-hybridized carbons (Fsp3) is 0.440. The summed E-state index contributed by atoms with van der Waals surface area (Å²) in [5.41, 5.74) is 2.23. The van der Waals surface area contributed by atoms with Crippen molar-refractivity contribution in [2.45, 2.75) is 59.2 Å². The number of nitrogens with one attached hydrogen (secondary N) is 1. The lowest BCUT2D eigenvalue weighted by atomic mass is 10.0. The second-order valence-electron chi connectivity index (χ2n) is 9.00. The van der Waals surface area contributed by atoms with E-state index in [2.05, 4.69) is 5.32 Å². The third-order valence-electron chi connectivity index (χ3n) is 5.39. The molecule has 1 unspecified atom stereocenters. The lowest BCUT2D eigenvalue weighted by Gasteiger charge is -2.32. The molecule has 9 heteroatoms. The molecular weight excluding hydrogens is 474 g/mol. The van der Waals surface area contributed by atoms with Crippen molar-refractivity contribution in [3.05, 3.63) is 64.7 Å². The smallest absolute Gasteiger partial charge is 0.244 e. The highest BCUT2D eigenvalue weighted by Crippen LogP contribution is 2.23. The summed E-state index contributed by atoms with van der Waals surface area (Å²) < 4.78 is 26.3. The molecule has 0 spiro atoms. The molecule has 0 heterocycles. The number of sulfonamides is 1. The Morgan fingerprint density at radius 1 is 0.941 bits per heavy atom. The number of anilines is 1. The first-order valence-electron chi connectivity index (χ1n) is 11.2. The van der Waals surface area contributed by atoms with Crippen molar-refractivity contribution in [3.8, 4) is 0 Å². The van der Waals surface area contributed by atoms with Crippen LogP contribution in [-0.2, 0) is 26.2 Å². The van der Waals surface area contributed by atoms with Gasteiger partial charge in [0.15, 0.2) is 0 Å². The molecule has 186 valence electrons. The van der Waals surface area contributed by atoms with E-state index in [1.54, 1.807) is 43.3 Å². The van der Waals surface area contributed by atoms with Crippen molar-refractivity contribution >= 4 is 39.1 Å². The number of rotatable bonds is 10. The quantitative estimate of drug-likeness (QED) is 0.523. The normalized spacial score (nSPS) is 12.5. The molecule has 0 saturated carbocycles. The van der Waals surface area contributed by atoms with Crippen molar-refractivity contribution in [3.63, 3.8) is 0 Å². The lowest BCUT2D eigenvalue weighted by Crippen LogP contribution is -2.52. The van der Waals surface area contributed by atoms with Gasteiger partial charge < -0.3 is 10.2 Å². The Labute approximate surface area is 208 Å². The number of hydrogen-bond donors (Lipinski definition) is 1. The van der Waals surface area contributed by atoms with Crippen LogP contribution in [0.4, 0.5) is 5.69 Å². The van der Waals surface area contributed by atoms with Gasteiger partial charge in [-0.15, -0.1) is 0 Å². The highest BCUT2D eigenvalue weighted by atomic mass is 35.5. The second kappa shape index (κ2) is 11.7. The largest absolute Gasteiger partial charge is 0.352 e. The molecular formula is C25H34ClN3O4S. The van der Waals surface area contributed by atoms with Gasteiger partial charge in [-0.25, -0.2) is 8.42 Å². The third-order valence-corrected chi connectivity index (χ3v) is 6.78. The van der Waals surface area contributed by atoms with Crippen LogP contribution in [0.5, 0.6) is 0 Å². The van der Waals surface area contributed by atoms with Crippen LogP contribution in [0.1, 0.15) is 51.7 Å². The lowest BCUT2D eigenvalue weighted by molar-refractivity contribution is -0.139.